The fraction of sp³-hybridized carbons (Fsp3) is 0.368. The molecule has 2 aromatic rings. The van der Waals surface area contributed by atoms with Gasteiger partial charge in [-0.15, -0.1) is 0 Å². The number of aromatic nitrogens is 2. The number of nitrogens with one attached hydrogen (secondary N) is 1. The number of carbonyl (C=O) groups is 2. The van der Waals surface area contributed by atoms with Crippen molar-refractivity contribution in [1.29, 1.82) is 0 Å². The van der Waals surface area contributed by atoms with Crippen molar-refractivity contribution < 1.29 is 14.3 Å². The lowest BCUT2D eigenvalue weighted by Crippen LogP contribution is -2.35. The van der Waals surface area contributed by atoms with Crippen molar-refractivity contribution in [3.63, 3.8) is 0 Å². The average molecular weight is 389 g/mol. The van der Waals surface area contributed by atoms with Gasteiger partial charge in [-0.2, -0.15) is 0 Å². The standard InChI is InChI=1S/C19H21ClN4O3/c1-12-4-3-7-24(10-12)17-9-16(21-11-22-17)18(25)23-15-8-13(19(26)27-2)5-6-14(15)20/h5-6,8-9,11-12H,3-4,7,10H2,1-2H3,(H,23,25). The number of methoxy groups -OCH3 is 1. The number of carbonyl (C=O) groups excluding carboxylic acids is 2. The first-order valence-electron chi connectivity index (χ1n) is 8.74. The SMILES string of the molecule is COC(=O)c1ccc(Cl)c(NC(=O)c2cc(N3CCCC(C)C3)ncn2)c1. The summed E-state index contributed by atoms with van der Waals surface area (Å²) in [4.78, 5) is 34.8. The quantitative estimate of drug-likeness (QED) is 0.808. The maximum absolute atomic E-state index is 12.6. The molecule has 1 fully saturated rings. The van der Waals surface area contributed by atoms with Gasteiger partial charge in [-0.25, -0.2) is 14.8 Å². The van der Waals surface area contributed by atoms with Gasteiger partial charge in [-0.1, -0.05) is 18.5 Å². The number of anilines is 2. The van der Waals surface area contributed by atoms with Gasteiger partial charge in [0.05, 0.1) is 23.4 Å². The van der Waals surface area contributed by atoms with E-state index in [1.54, 1.807) is 6.07 Å². The van der Waals surface area contributed by atoms with Gasteiger partial charge >= 0.3 is 5.97 Å². The van der Waals surface area contributed by atoms with Gasteiger partial charge in [0.1, 0.15) is 17.8 Å². The molecular formula is C19H21ClN4O3. The molecule has 1 aliphatic heterocycles. The van der Waals surface area contributed by atoms with Gasteiger partial charge in [-0.3, -0.25) is 4.79 Å². The monoisotopic (exact) mass is 388 g/mol. The molecule has 1 aliphatic rings. The van der Waals surface area contributed by atoms with Crippen molar-refractivity contribution in [2.24, 2.45) is 5.92 Å². The molecule has 2 heterocycles. The van der Waals surface area contributed by atoms with Crippen LogP contribution in [0.2, 0.25) is 5.02 Å². The summed E-state index contributed by atoms with van der Waals surface area (Å²) in [6.45, 7) is 4.03. The van der Waals surface area contributed by atoms with Crippen molar-refractivity contribution in [2.45, 2.75) is 19.8 Å². The van der Waals surface area contributed by atoms with Crippen LogP contribution in [0.25, 0.3) is 0 Å². The van der Waals surface area contributed by atoms with E-state index in [0.29, 0.717) is 22.2 Å². The summed E-state index contributed by atoms with van der Waals surface area (Å²) in [7, 11) is 1.29. The van der Waals surface area contributed by atoms with Crippen LogP contribution >= 0.6 is 11.6 Å². The first kappa shape index (κ1) is 19.1. The topological polar surface area (TPSA) is 84.4 Å². The van der Waals surface area contributed by atoms with Crippen LogP contribution in [0.3, 0.4) is 0 Å². The highest BCUT2D eigenvalue weighted by atomic mass is 35.5. The molecule has 1 N–H and O–H groups in total. The molecule has 142 valence electrons. The van der Waals surface area contributed by atoms with Crippen LogP contribution in [0.5, 0.6) is 0 Å². The molecule has 1 atom stereocenters. The number of esters is 1. The molecule has 0 bridgehead atoms. The third kappa shape index (κ3) is 4.54. The summed E-state index contributed by atoms with van der Waals surface area (Å²) in [5.74, 6) is 0.389. The van der Waals surface area contributed by atoms with Crippen LogP contribution in [-0.4, -0.2) is 42.0 Å². The van der Waals surface area contributed by atoms with Gasteiger partial charge in [0.2, 0.25) is 0 Å². The third-order valence-corrected chi connectivity index (χ3v) is 4.83. The molecule has 1 aromatic heterocycles. The molecule has 1 amide bonds. The Kier molecular flexibility index (Phi) is 5.91. The number of hydrogen-bond donors (Lipinski definition) is 1. The second-order valence-corrected chi connectivity index (χ2v) is 7.00. The fourth-order valence-corrected chi connectivity index (χ4v) is 3.26. The number of rotatable bonds is 4. The van der Waals surface area contributed by atoms with Gasteiger partial charge in [0, 0.05) is 19.2 Å². The van der Waals surface area contributed by atoms with E-state index >= 15 is 0 Å². The number of halogens is 1. The van der Waals surface area contributed by atoms with E-state index in [9.17, 15) is 9.59 Å². The van der Waals surface area contributed by atoms with Gasteiger partial charge in [0.15, 0.2) is 0 Å². The fourth-order valence-electron chi connectivity index (χ4n) is 3.09. The van der Waals surface area contributed by atoms with Crippen molar-refractivity contribution >= 4 is 35.0 Å². The lowest BCUT2D eigenvalue weighted by atomic mass is 10.0. The maximum atomic E-state index is 12.6. The molecule has 27 heavy (non-hydrogen) atoms. The average Bonchev–Trinajstić information content (AvgIpc) is 2.69. The molecular weight excluding hydrogens is 368 g/mol. The van der Waals surface area contributed by atoms with Gasteiger partial charge in [-0.05, 0) is 37.0 Å². The Labute approximate surface area is 162 Å². The Bertz CT molecular complexity index is 859. The van der Waals surface area contributed by atoms with E-state index in [2.05, 4.69) is 27.1 Å². The number of ether oxygens (including phenoxy) is 1. The Morgan fingerprint density at radius 2 is 2.11 bits per heavy atom. The van der Waals surface area contributed by atoms with Gasteiger partial charge in [0.25, 0.3) is 5.91 Å². The second kappa shape index (κ2) is 8.35. The highest BCUT2D eigenvalue weighted by Gasteiger charge is 2.20. The smallest absolute Gasteiger partial charge is 0.337 e. The zero-order valence-electron chi connectivity index (χ0n) is 15.2. The number of piperidine rings is 1. The van der Waals surface area contributed by atoms with E-state index in [1.165, 1.54) is 38.1 Å². The molecule has 0 saturated carbocycles. The minimum absolute atomic E-state index is 0.234. The lowest BCUT2D eigenvalue weighted by molar-refractivity contribution is 0.0600. The number of amides is 1. The Morgan fingerprint density at radius 1 is 1.30 bits per heavy atom. The molecule has 0 radical (unpaired) electrons. The highest BCUT2D eigenvalue weighted by Crippen LogP contribution is 2.25. The molecule has 3 rings (SSSR count). The van der Waals surface area contributed by atoms with Gasteiger partial charge < -0.3 is 15.0 Å². The van der Waals surface area contributed by atoms with E-state index in [0.717, 1.165) is 25.3 Å². The molecule has 0 spiro atoms. The summed E-state index contributed by atoms with van der Waals surface area (Å²) in [6.07, 6.45) is 3.68. The molecule has 1 aromatic carbocycles. The van der Waals surface area contributed by atoms with Crippen LogP contribution in [0.1, 0.15) is 40.6 Å². The second-order valence-electron chi connectivity index (χ2n) is 6.60. The van der Waals surface area contributed by atoms with Crippen molar-refractivity contribution in [3.8, 4) is 0 Å². The van der Waals surface area contributed by atoms with E-state index < -0.39 is 11.9 Å². The Balaban J connectivity index is 1.79. The third-order valence-electron chi connectivity index (χ3n) is 4.50. The first-order chi connectivity index (χ1) is 13.0. The lowest BCUT2D eigenvalue weighted by Gasteiger charge is -2.31. The summed E-state index contributed by atoms with van der Waals surface area (Å²) >= 11 is 6.14. The van der Waals surface area contributed by atoms with E-state index in [4.69, 9.17) is 16.3 Å². The van der Waals surface area contributed by atoms with Crippen LogP contribution < -0.4 is 10.2 Å². The summed E-state index contributed by atoms with van der Waals surface area (Å²) in [6, 6.07) is 6.21. The predicted molar refractivity (Wildman–Crippen MR) is 103 cm³/mol. The van der Waals surface area contributed by atoms with Crippen LogP contribution in [0.4, 0.5) is 11.5 Å². The normalized spacial score (nSPS) is 16.7. The summed E-state index contributed by atoms with van der Waals surface area (Å²) in [5.41, 5.74) is 0.844. The predicted octanol–water partition coefficient (Wildman–Crippen LogP) is 3.41. The van der Waals surface area contributed by atoms with E-state index in [-0.39, 0.29) is 5.69 Å². The number of benzene rings is 1. The van der Waals surface area contributed by atoms with Crippen molar-refractivity contribution in [2.75, 3.05) is 30.4 Å². The van der Waals surface area contributed by atoms with Crippen LogP contribution in [0, 0.1) is 5.92 Å². The van der Waals surface area contributed by atoms with E-state index in [1.807, 2.05) is 0 Å². The minimum Gasteiger partial charge on any atom is -0.465 e. The minimum atomic E-state index is -0.509. The molecule has 1 saturated heterocycles. The van der Waals surface area contributed by atoms with Crippen LogP contribution in [0.15, 0.2) is 30.6 Å². The number of hydrogen-bond acceptors (Lipinski definition) is 6. The summed E-state index contributed by atoms with van der Waals surface area (Å²) in [5, 5.41) is 3.01. The Hall–Kier alpha value is -2.67. The molecule has 7 nitrogen and oxygen atoms in total. The number of nitrogens with zero attached hydrogens (tertiary/aromatic N) is 3. The van der Waals surface area contributed by atoms with Crippen molar-refractivity contribution in [1.82, 2.24) is 9.97 Å². The molecule has 1 unspecified atom stereocenters. The molecule has 8 heteroatoms. The first-order valence-corrected chi connectivity index (χ1v) is 9.12. The van der Waals surface area contributed by atoms with Crippen molar-refractivity contribution in [3.05, 3.63) is 46.9 Å². The highest BCUT2D eigenvalue weighted by molar-refractivity contribution is 6.34. The zero-order chi connectivity index (χ0) is 19.4. The van der Waals surface area contributed by atoms with Crippen LogP contribution in [-0.2, 0) is 4.74 Å². The largest absolute Gasteiger partial charge is 0.465 e. The Morgan fingerprint density at radius 3 is 2.85 bits per heavy atom. The molecule has 0 aliphatic carbocycles. The summed E-state index contributed by atoms with van der Waals surface area (Å²) < 4.78 is 4.69. The maximum Gasteiger partial charge on any atom is 0.337 e. The zero-order valence-corrected chi connectivity index (χ0v) is 16.0.